The number of hydrogen-bond acceptors (Lipinski definition) is 1. The molecule has 1 fully saturated rings. The van der Waals surface area contributed by atoms with Crippen molar-refractivity contribution in [2.24, 2.45) is 0 Å². The van der Waals surface area contributed by atoms with Gasteiger partial charge >= 0.3 is 12.2 Å². The first-order valence-electron chi connectivity index (χ1n) is 5.24. The van der Waals surface area contributed by atoms with E-state index in [2.05, 4.69) is 5.32 Å². The highest BCUT2D eigenvalue weighted by Gasteiger charge is 2.41. The number of amides is 2. The van der Waals surface area contributed by atoms with Crippen LogP contribution in [-0.2, 0) is 0 Å². The van der Waals surface area contributed by atoms with Crippen molar-refractivity contribution >= 4 is 6.03 Å². The minimum atomic E-state index is -4.34. The van der Waals surface area contributed by atoms with Gasteiger partial charge in [-0.15, -0.1) is 0 Å². The van der Waals surface area contributed by atoms with Gasteiger partial charge in [0.1, 0.15) is 6.54 Å². The van der Waals surface area contributed by atoms with Gasteiger partial charge in [0.2, 0.25) is 0 Å². The Morgan fingerprint density at radius 2 is 1.81 bits per heavy atom. The Bertz CT molecular complexity index is 266. The van der Waals surface area contributed by atoms with Crippen molar-refractivity contribution in [3.05, 3.63) is 0 Å². The third-order valence-corrected chi connectivity index (χ3v) is 2.08. The molecule has 0 spiro atoms. The summed E-state index contributed by atoms with van der Waals surface area (Å²) in [4.78, 5) is 12.5. The zero-order valence-corrected chi connectivity index (χ0v) is 9.69. The number of urea groups is 1. The molecule has 94 valence electrons. The van der Waals surface area contributed by atoms with Crippen LogP contribution >= 0.6 is 0 Å². The van der Waals surface area contributed by atoms with E-state index in [0.29, 0.717) is 12.8 Å². The van der Waals surface area contributed by atoms with Crippen molar-refractivity contribution in [3.63, 3.8) is 0 Å². The van der Waals surface area contributed by atoms with Crippen molar-refractivity contribution < 1.29 is 18.0 Å². The average Bonchev–Trinajstić information content (AvgIpc) is 2.76. The number of nitrogens with zero attached hydrogens (tertiary/aromatic N) is 1. The van der Waals surface area contributed by atoms with E-state index in [1.807, 2.05) is 0 Å². The van der Waals surface area contributed by atoms with Crippen molar-refractivity contribution in [2.75, 3.05) is 6.54 Å². The monoisotopic (exact) mass is 238 g/mol. The van der Waals surface area contributed by atoms with E-state index < -0.39 is 24.3 Å². The molecule has 6 heteroatoms. The fourth-order valence-electron chi connectivity index (χ4n) is 1.34. The molecule has 0 aromatic carbocycles. The van der Waals surface area contributed by atoms with Crippen molar-refractivity contribution in [2.45, 2.75) is 51.4 Å². The lowest BCUT2D eigenvalue weighted by Gasteiger charge is -2.29. The van der Waals surface area contributed by atoms with Gasteiger partial charge in [0, 0.05) is 11.6 Å². The standard InChI is InChI=1S/C10H17F3N2O/c1-9(2,3)14-8(16)15(7-4-5-7)6-10(11,12)13/h7H,4-6H2,1-3H3,(H,14,16). The lowest BCUT2D eigenvalue weighted by atomic mass is 10.1. The van der Waals surface area contributed by atoms with Crippen LogP contribution in [0.4, 0.5) is 18.0 Å². The largest absolute Gasteiger partial charge is 0.406 e. The third kappa shape index (κ3) is 4.72. The number of carbonyl (C=O) groups excluding carboxylic acids is 1. The number of carbonyl (C=O) groups is 1. The molecule has 16 heavy (non-hydrogen) atoms. The molecule has 0 aliphatic heterocycles. The normalized spacial score (nSPS) is 17.1. The molecule has 0 heterocycles. The number of halogens is 3. The summed E-state index contributed by atoms with van der Waals surface area (Å²) < 4.78 is 36.8. The molecule has 0 aromatic heterocycles. The van der Waals surface area contributed by atoms with Crippen molar-refractivity contribution in [3.8, 4) is 0 Å². The second-order valence-corrected chi connectivity index (χ2v) is 5.15. The molecule has 3 nitrogen and oxygen atoms in total. The van der Waals surface area contributed by atoms with Gasteiger partial charge in [0.25, 0.3) is 0 Å². The first-order chi connectivity index (χ1) is 7.08. The van der Waals surface area contributed by atoms with Gasteiger partial charge in [-0.05, 0) is 33.6 Å². The molecule has 1 N–H and O–H groups in total. The average molecular weight is 238 g/mol. The van der Waals surface area contributed by atoms with E-state index in [9.17, 15) is 18.0 Å². The van der Waals surface area contributed by atoms with Gasteiger partial charge in [-0.1, -0.05) is 0 Å². The first-order valence-corrected chi connectivity index (χ1v) is 5.24. The van der Waals surface area contributed by atoms with E-state index in [4.69, 9.17) is 0 Å². The maximum Gasteiger partial charge on any atom is 0.406 e. The van der Waals surface area contributed by atoms with Gasteiger partial charge in [-0.3, -0.25) is 0 Å². The van der Waals surface area contributed by atoms with Gasteiger partial charge in [-0.2, -0.15) is 13.2 Å². The van der Waals surface area contributed by atoms with E-state index in [0.717, 1.165) is 4.90 Å². The smallest absolute Gasteiger partial charge is 0.333 e. The van der Waals surface area contributed by atoms with E-state index in [-0.39, 0.29) is 6.04 Å². The highest BCUT2D eigenvalue weighted by Crippen LogP contribution is 2.30. The number of hydrogen-bond donors (Lipinski definition) is 1. The highest BCUT2D eigenvalue weighted by molar-refractivity contribution is 5.75. The second-order valence-electron chi connectivity index (χ2n) is 5.15. The fraction of sp³-hybridized carbons (Fsp3) is 0.900. The summed E-state index contributed by atoms with van der Waals surface area (Å²) >= 11 is 0. The summed E-state index contributed by atoms with van der Waals surface area (Å²) in [6.45, 7) is 4.05. The Kier molecular flexibility index (Phi) is 3.40. The summed E-state index contributed by atoms with van der Waals surface area (Å²) in [6, 6.07) is -0.878. The molecular formula is C10H17F3N2O. The number of alkyl halides is 3. The Morgan fingerprint density at radius 1 is 1.31 bits per heavy atom. The van der Waals surface area contributed by atoms with Crippen LogP contribution < -0.4 is 5.32 Å². The Hall–Kier alpha value is -0.940. The summed E-state index contributed by atoms with van der Waals surface area (Å²) in [6.07, 6.45) is -3.01. The zero-order valence-electron chi connectivity index (χ0n) is 9.69. The molecule has 0 saturated heterocycles. The second kappa shape index (κ2) is 4.14. The third-order valence-electron chi connectivity index (χ3n) is 2.08. The minimum Gasteiger partial charge on any atom is -0.333 e. The quantitative estimate of drug-likeness (QED) is 0.787. The van der Waals surface area contributed by atoms with E-state index >= 15 is 0 Å². The van der Waals surface area contributed by atoms with Crippen LogP contribution in [0.1, 0.15) is 33.6 Å². The molecule has 0 unspecified atom stereocenters. The van der Waals surface area contributed by atoms with Crippen LogP contribution in [-0.4, -0.2) is 35.2 Å². The van der Waals surface area contributed by atoms with Crippen molar-refractivity contribution in [1.82, 2.24) is 10.2 Å². The van der Waals surface area contributed by atoms with Crippen LogP contribution in [0.2, 0.25) is 0 Å². The van der Waals surface area contributed by atoms with Crippen LogP contribution in [0.15, 0.2) is 0 Å². The lowest BCUT2D eigenvalue weighted by Crippen LogP contribution is -2.51. The molecular weight excluding hydrogens is 221 g/mol. The van der Waals surface area contributed by atoms with Crippen LogP contribution in [0, 0.1) is 0 Å². The Balaban J connectivity index is 2.60. The minimum absolute atomic E-state index is 0.246. The van der Waals surface area contributed by atoms with Gasteiger partial charge in [0.05, 0.1) is 0 Å². The maximum absolute atomic E-state index is 12.3. The summed E-state index contributed by atoms with van der Waals surface area (Å²) in [5.74, 6) is 0. The van der Waals surface area contributed by atoms with E-state index in [1.165, 1.54) is 0 Å². The van der Waals surface area contributed by atoms with E-state index in [1.54, 1.807) is 20.8 Å². The van der Waals surface area contributed by atoms with Crippen LogP contribution in [0.3, 0.4) is 0 Å². The topological polar surface area (TPSA) is 32.3 Å². The van der Waals surface area contributed by atoms with Crippen LogP contribution in [0.25, 0.3) is 0 Å². The number of nitrogens with one attached hydrogen (secondary N) is 1. The molecule has 1 saturated carbocycles. The molecule has 1 rings (SSSR count). The molecule has 0 aromatic rings. The zero-order chi connectivity index (χ0) is 12.6. The first kappa shape index (κ1) is 13.1. The molecule has 1 aliphatic rings. The summed E-state index contributed by atoms with van der Waals surface area (Å²) in [7, 11) is 0. The number of rotatable bonds is 2. The lowest BCUT2D eigenvalue weighted by molar-refractivity contribution is -0.141. The molecule has 1 aliphatic carbocycles. The molecule has 0 bridgehead atoms. The van der Waals surface area contributed by atoms with Gasteiger partial charge in [0.15, 0.2) is 0 Å². The molecule has 0 atom stereocenters. The fourth-order valence-corrected chi connectivity index (χ4v) is 1.34. The molecule has 0 radical (unpaired) electrons. The molecule has 2 amide bonds. The Morgan fingerprint density at radius 3 is 2.12 bits per heavy atom. The Labute approximate surface area is 93.0 Å². The maximum atomic E-state index is 12.3. The summed E-state index contributed by atoms with van der Waals surface area (Å²) in [5, 5.41) is 2.55. The van der Waals surface area contributed by atoms with Crippen LogP contribution in [0.5, 0.6) is 0 Å². The summed E-state index contributed by atoms with van der Waals surface area (Å²) in [5.41, 5.74) is -0.518. The van der Waals surface area contributed by atoms with Crippen molar-refractivity contribution in [1.29, 1.82) is 0 Å². The van der Waals surface area contributed by atoms with Gasteiger partial charge < -0.3 is 10.2 Å². The SMILES string of the molecule is CC(C)(C)NC(=O)N(CC(F)(F)F)C1CC1. The highest BCUT2D eigenvalue weighted by atomic mass is 19.4. The van der Waals surface area contributed by atoms with Gasteiger partial charge in [-0.25, -0.2) is 4.79 Å². The predicted molar refractivity (Wildman–Crippen MR) is 54.1 cm³/mol. The predicted octanol–water partition coefficient (Wildman–Crippen LogP) is 2.52.